The van der Waals surface area contributed by atoms with Gasteiger partial charge in [-0.1, -0.05) is 11.6 Å². The molecule has 0 saturated carbocycles. The van der Waals surface area contributed by atoms with Crippen LogP contribution in [0.15, 0.2) is 12.3 Å². The molecule has 0 aromatic carbocycles. The summed E-state index contributed by atoms with van der Waals surface area (Å²) in [5, 5.41) is 11.5. The van der Waals surface area contributed by atoms with Gasteiger partial charge in [-0.3, -0.25) is 0 Å². The second-order valence-corrected chi connectivity index (χ2v) is 4.67. The van der Waals surface area contributed by atoms with Gasteiger partial charge in [0.15, 0.2) is 0 Å². The third-order valence-corrected chi connectivity index (χ3v) is 3.26. The van der Waals surface area contributed by atoms with E-state index < -0.39 is 29.1 Å². The number of anilines is 1. The highest BCUT2D eigenvalue weighted by molar-refractivity contribution is 6.31. The smallest absolute Gasteiger partial charge is 0.255 e. The summed E-state index contributed by atoms with van der Waals surface area (Å²) in [6.45, 7) is -0.0261. The number of methoxy groups -OCH3 is 2. The third kappa shape index (κ3) is 3.40. The fraction of sp³-hybridized carbons (Fsp3) is 0.214. The topological polar surface area (TPSA) is 80.1 Å². The van der Waals surface area contributed by atoms with Gasteiger partial charge in [0, 0.05) is 23.3 Å². The molecule has 0 aliphatic heterocycles. The molecule has 9 heteroatoms. The molecule has 0 spiro atoms. The summed E-state index contributed by atoms with van der Waals surface area (Å²) >= 11 is 5.99. The van der Waals surface area contributed by atoms with Gasteiger partial charge in [-0.15, -0.1) is 0 Å². The molecule has 0 bridgehead atoms. The zero-order valence-corrected chi connectivity index (χ0v) is 12.9. The van der Waals surface area contributed by atoms with Crippen LogP contribution in [-0.2, 0) is 6.54 Å². The Morgan fingerprint density at radius 1 is 1.26 bits per heavy atom. The van der Waals surface area contributed by atoms with Crippen LogP contribution in [0, 0.1) is 23.0 Å². The summed E-state index contributed by atoms with van der Waals surface area (Å²) in [4.78, 5) is 7.40. The number of hydrogen-bond donors (Lipinski definition) is 1. The molecule has 1 N–H and O–H groups in total. The van der Waals surface area contributed by atoms with Crippen molar-refractivity contribution in [3.8, 4) is 17.8 Å². The van der Waals surface area contributed by atoms with E-state index in [1.807, 2.05) is 6.07 Å². The average molecular weight is 341 g/mol. The molecule has 0 saturated heterocycles. The lowest BCUT2D eigenvalue weighted by molar-refractivity contribution is 0.330. The molecular formula is C14H11ClF2N4O2. The van der Waals surface area contributed by atoms with Crippen LogP contribution < -0.4 is 14.8 Å². The molecule has 2 rings (SSSR count). The highest BCUT2D eigenvalue weighted by Crippen LogP contribution is 2.32. The van der Waals surface area contributed by atoms with Crippen molar-refractivity contribution < 1.29 is 18.3 Å². The van der Waals surface area contributed by atoms with Crippen molar-refractivity contribution in [2.75, 3.05) is 19.5 Å². The number of aromatic nitrogens is 2. The molecule has 0 fully saturated rings. The largest absolute Gasteiger partial charge is 0.479 e. The van der Waals surface area contributed by atoms with Gasteiger partial charge in [0.1, 0.15) is 17.5 Å². The monoisotopic (exact) mass is 340 g/mol. The maximum absolute atomic E-state index is 14.1. The SMILES string of the molecule is COc1nc(OC)c(F)c(NCc2cnc(C#N)cc2Cl)c1F. The summed E-state index contributed by atoms with van der Waals surface area (Å²) in [5.41, 5.74) is 0.136. The molecule has 2 heterocycles. The van der Waals surface area contributed by atoms with E-state index in [1.54, 1.807) is 0 Å². The summed E-state index contributed by atoms with van der Waals surface area (Å²) in [5.74, 6) is -2.81. The molecule has 0 unspecified atom stereocenters. The van der Waals surface area contributed by atoms with Crippen molar-refractivity contribution in [2.24, 2.45) is 0 Å². The number of hydrogen-bond acceptors (Lipinski definition) is 6. The predicted octanol–water partition coefficient (Wildman–Crippen LogP) is 2.91. The van der Waals surface area contributed by atoms with Crippen molar-refractivity contribution in [3.05, 3.63) is 40.2 Å². The predicted molar refractivity (Wildman–Crippen MR) is 78.5 cm³/mol. The maximum Gasteiger partial charge on any atom is 0.255 e. The standard InChI is InChI=1S/C14H11ClF2N4O2/c1-22-13-10(16)12(11(17)14(21-13)23-2)20-6-7-5-19-8(4-18)3-9(7)15/h3,5H,6H2,1-2H3,(H,20,21). The van der Waals surface area contributed by atoms with Crippen molar-refractivity contribution >= 4 is 17.3 Å². The molecule has 0 aliphatic carbocycles. The average Bonchev–Trinajstić information content (AvgIpc) is 2.56. The number of nitrogens with zero attached hydrogens (tertiary/aromatic N) is 3. The number of nitriles is 1. The van der Waals surface area contributed by atoms with Crippen LogP contribution in [0.1, 0.15) is 11.3 Å². The molecular weight excluding hydrogens is 330 g/mol. The molecule has 0 radical (unpaired) electrons. The Hall–Kier alpha value is -2.66. The van der Waals surface area contributed by atoms with Crippen LogP contribution in [0.2, 0.25) is 5.02 Å². The maximum atomic E-state index is 14.1. The molecule has 0 amide bonds. The van der Waals surface area contributed by atoms with Crippen LogP contribution in [0.3, 0.4) is 0 Å². The van der Waals surface area contributed by atoms with Gasteiger partial charge in [0.25, 0.3) is 11.8 Å². The highest BCUT2D eigenvalue weighted by atomic mass is 35.5. The number of nitrogens with one attached hydrogen (secondary N) is 1. The number of halogens is 3. The lowest BCUT2D eigenvalue weighted by Crippen LogP contribution is -2.09. The zero-order chi connectivity index (χ0) is 17.0. The van der Waals surface area contributed by atoms with Crippen LogP contribution >= 0.6 is 11.6 Å². The Morgan fingerprint density at radius 2 is 1.87 bits per heavy atom. The molecule has 6 nitrogen and oxygen atoms in total. The summed E-state index contributed by atoms with van der Waals surface area (Å²) in [6, 6.07) is 3.20. The Morgan fingerprint density at radius 3 is 2.35 bits per heavy atom. The number of pyridine rings is 2. The highest BCUT2D eigenvalue weighted by Gasteiger charge is 2.21. The minimum atomic E-state index is -0.997. The Bertz CT molecular complexity index is 752. The van der Waals surface area contributed by atoms with Gasteiger partial charge in [0.05, 0.1) is 14.2 Å². The van der Waals surface area contributed by atoms with E-state index in [0.717, 1.165) is 0 Å². The molecule has 0 aliphatic rings. The molecule has 120 valence electrons. The summed E-state index contributed by atoms with van der Waals surface area (Å²) in [6.07, 6.45) is 1.35. The van der Waals surface area contributed by atoms with E-state index in [-0.39, 0.29) is 17.3 Å². The lowest BCUT2D eigenvalue weighted by Gasteiger charge is -2.13. The lowest BCUT2D eigenvalue weighted by atomic mass is 10.2. The van der Waals surface area contributed by atoms with Crippen molar-refractivity contribution in [3.63, 3.8) is 0 Å². The summed E-state index contributed by atoms with van der Waals surface area (Å²) < 4.78 is 37.8. The van der Waals surface area contributed by atoms with E-state index in [0.29, 0.717) is 5.56 Å². The van der Waals surface area contributed by atoms with Crippen molar-refractivity contribution in [1.29, 1.82) is 5.26 Å². The normalized spacial score (nSPS) is 10.1. The Labute approximate surface area is 135 Å². The molecule has 0 atom stereocenters. The first-order valence-electron chi connectivity index (χ1n) is 6.27. The van der Waals surface area contributed by atoms with Gasteiger partial charge in [-0.25, -0.2) is 4.98 Å². The second kappa shape index (κ2) is 7.07. The Balaban J connectivity index is 2.32. The minimum absolute atomic E-state index is 0.0261. The fourth-order valence-corrected chi connectivity index (χ4v) is 1.98. The first-order chi connectivity index (χ1) is 11.0. The second-order valence-electron chi connectivity index (χ2n) is 4.26. The summed E-state index contributed by atoms with van der Waals surface area (Å²) in [7, 11) is 2.40. The third-order valence-electron chi connectivity index (χ3n) is 2.90. The first kappa shape index (κ1) is 16.7. The number of ether oxygens (including phenoxy) is 2. The quantitative estimate of drug-likeness (QED) is 0.901. The molecule has 2 aromatic heterocycles. The Kier molecular flexibility index (Phi) is 5.13. The zero-order valence-electron chi connectivity index (χ0n) is 12.2. The fourth-order valence-electron chi connectivity index (χ4n) is 1.76. The van der Waals surface area contributed by atoms with E-state index in [4.69, 9.17) is 26.3 Å². The van der Waals surface area contributed by atoms with Crippen molar-refractivity contribution in [2.45, 2.75) is 6.54 Å². The van der Waals surface area contributed by atoms with Gasteiger partial charge in [-0.2, -0.15) is 19.0 Å². The molecule has 23 heavy (non-hydrogen) atoms. The van der Waals surface area contributed by atoms with Crippen LogP contribution in [0.4, 0.5) is 14.5 Å². The molecule has 2 aromatic rings. The van der Waals surface area contributed by atoms with E-state index in [9.17, 15) is 8.78 Å². The van der Waals surface area contributed by atoms with Gasteiger partial charge >= 0.3 is 0 Å². The van der Waals surface area contributed by atoms with Crippen molar-refractivity contribution in [1.82, 2.24) is 9.97 Å². The van der Waals surface area contributed by atoms with Gasteiger partial charge in [0.2, 0.25) is 11.6 Å². The van der Waals surface area contributed by atoms with Crippen LogP contribution in [0.5, 0.6) is 11.8 Å². The first-order valence-corrected chi connectivity index (χ1v) is 6.65. The van der Waals surface area contributed by atoms with Gasteiger partial charge in [-0.05, 0) is 6.07 Å². The van der Waals surface area contributed by atoms with Crippen LogP contribution in [-0.4, -0.2) is 24.2 Å². The van der Waals surface area contributed by atoms with Crippen LogP contribution in [0.25, 0.3) is 0 Å². The van der Waals surface area contributed by atoms with E-state index in [1.165, 1.54) is 26.5 Å². The van der Waals surface area contributed by atoms with Gasteiger partial charge < -0.3 is 14.8 Å². The number of rotatable bonds is 5. The van der Waals surface area contributed by atoms with E-state index >= 15 is 0 Å². The minimum Gasteiger partial charge on any atom is -0.479 e. The van der Waals surface area contributed by atoms with E-state index in [2.05, 4.69) is 15.3 Å².